The van der Waals surface area contributed by atoms with Gasteiger partial charge in [0.05, 0.1) is 12.7 Å². The predicted molar refractivity (Wildman–Crippen MR) is 66.1 cm³/mol. The lowest BCUT2D eigenvalue weighted by molar-refractivity contribution is -0.0329. The molecule has 2 nitrogen and oxygen atoms in total. The van der Waals surface area contributed by atoms with E-state index in [0.717, 1.165) is 0 Å². The molecule has 1 aromatic rings. The average molecular weight is 301 g/mol. The van der Waals surface area contributed by atoms with Crippen LogP contribution < -0.4 is 4.74 Å². The molecule has 0 amide bonds. The summed E-state index contributed by atoms with van der Waals surface area (Å²) in [5.41, 5.74) is -3.80. The van der Waals surface area contributed by atoms with Gasteiger partial charge in [0.1, 0.15) is 5.75 Å². The van der Waals surface area contributed by atoms with Crippen molar-refractivity contribution in [2.24, 2.45) is 0 Å². The van der Waals surface area contributed by atoms with E-state index in [9.17, 15) is 18.3 Å². The molecule has 7 heteroatoms. The normalized spacial score (nSPS) is 13.4. The molecule has 1 N–H and O–H groups in total. The van der Waals surface area contributed by atoms with E-state index >= 15 is 0 Å². The molecule has 102 valence electrons. The second kappa shape index (κ2) is 6.54. The van der Waals surface area contributed by atoms with E-state index in [0.29, 0.717) is 16.3 Å². The highest BCUT2D eigenvalue weighted by Crippen LogP contribution is 2.31. The van der Waals surface area contributed by atoms with Gasteiger partial charge in [0.2, 0.25) is 0 Å². The van der Waals surface area contributed by atoms with Crippen LogP contribution in [0.15, 0.2) is 18.2 Å². The number of thioether (sulfide) groups is 1. The van der Waals surface area contributed by atoms with Gasteiger partial charge in [-0.15, -0.1) is 0 Å². The third kappa shape index (κ3) is 5.37. The van der Waals surface area contributed by atoms with Gasteiger partial charge < -0.3 is 9.84 Å². The van der Waals surface area contributed by atoms with Crippen molar-refractivity contribution in [3.63, 3.8) is 0 Å². The Bertz CT molecular complexity index is 396. The largest absolute Gasteiger partial charge is 0.492 e. The molecule has 0 heterocycles. The van der Waals surface area contributed by atoms with Crippen molar-refractivity contribution in [3.05, 3.63) is 28.8 Å². The maximum atomic E-state index is 11.9. The molecule has 1 aromatic carbocycles. The Labute approximate surface area is 112 Å². The van der Waals surface area contributed by atoms with Crippen molar-refractivity contribution in [3.8, 4) is 5.75 Å². The fraction of sp³-hybridized carbons (Fsp3) is 0.455. The van der Waals surface area contributed by atoms with Crippen LogP contribution in [0.1, 0.15) is 18.6 Å². The monoisotopic (exact) mass is 300 g/mol. The third-order valence-electron chi connectivity index (χ3n) is 2.03. The van der Waals surface area contributed by atoms with Crippen LogP contribution in [0.5, 0.6) is 5.75 Å². The minimum atomic E-state index is -4.25. The van der Waals surface area contributed by atoms with Gasteiger partial charge in [0.25, 0.3) is 0 Å². The molecule has 1 unspecified atom stereocenters. The van der Waals surface area contributed by atoms with Crippen LogP contribution in [0, 0.1) is 0 Å². The van der Waals surface area contributed by atoms with Crippen LogP contribution in [0.2, 0.25) is 5.02 Å². The number of aliphatic hydroxyl groups excluding tert-OH is 1. The summed E-state index contributed by atoms with van der Waals surface area (Å²) in [6.07, 6.45) is -0.797. The summed E-state index contributed by atoms with van der Waals surface area (Å²) in [5.74, 6) is 0.142. The standard InChI is InChI=1S/C11H12ClF3O2S/c1-7(16)9-6-8(12)2-3-10(9)17-4-5-18-11(13,14)15/h2-3,6-7,16H,4-5H2,1H3. The minimum Gasteiger partial charge on any atom is -0.492 e. The lowest BCUT2D eigenvalue weighted by Crippen LogP contribution is -2.08. The molecular formula is C11H12ClF3O2S. The molecule has 0 saturated heterocycles. The summed E-state index contributed by atoms with van der Waals surface area (Å²) < 4.78 is 40.9. The van der Waals surface area contributed by atoms with Crippen molar-refractivity contribution in [2.45, 2.75) is 18.5 Å². The summed E-state index contributed by atoms with van der Waals surface area (Å²) in [6, 6.07) is 4.61. The van der Waals surface area contributed by atoms with Crippen LogP contribution in [0.25, 0.3) is 0 Å². The number of alkyl halides is 3. The van der Waals surface area contributed by atoms with Gasteiger partial charge in [-0.2, -0.15) is 13.2 Å². The summed E-state index contributed by atoms with van der Waals surface area (Å²) in [6.45, 7) is 1.44. The van der Waals surface area contributed by atoms with E-state index in [1.165, 1.54) is 19.1 Å². The Morgan fingerprint density at radius 2 is 2.11 bits per heavy atom. The van der Waals surface area contributed by atoms with Crippen LogP contribution in [0.4, 0.5) is 13.2 Å². The summed E-state index contributed by atoms with van der Waals surface area (Å²) in [5, 5.41) is 9.92. The van der Waals surface area contributed by atoms with E-state index in [2.05, 4.69) is 0 Å². The predicted octanol–water partition coefficient (Wildman–Crippen LogP) is 4.03. The van der Waals surface area contributed by atoms with E-state index < -0.39 is 11.6 Å². The van der Waals surface area contributed by atoms with Gasteiger partial charge in [-0.25, -0.2) is 0 Å². The van der Waals surface area contributed by atoms with Gasteiger partial charge in [0.15, 0.2) is 0 Å². The molecule has 0 aromatic heterocycles. The number of hydrogen-bond donors (Lipinski definition) is 1. The Kier molecular flexibility index (Phi) is 5.62. The zero-order valence-electron chi connectivity index (χ0n) is 9.50. The SMILES string of the molecule is CC(O)c1cc(Cl)ccc1OCCSC(F)(F)F. The molecule has 18 heavy (non-hydrogen) atoms. The first-order valence-electron chi connectivity index (χ1n) is 5.10. The van der Waals surface area contributed by atoms with Gasteiger partial charge in [0, 0.05) is 16.3 Å². The summed E-state index contributed by atoms with van der Waals surface area (Å²) in [7, 11) is 0. The number of halogens is 4. The van der Waals surface area contributed by atoms with Gasteiger partial charge in [-0.1, -0.05) is 11.6 Å². The maximum absolute atomic E-state index is 11.9. The molecule has 0 fully saturated rings. The summed E-state index contributed by atoms with van der Waals surface area (Å²) in [4.78, 5) is 0. The highest BCUT2D eigenvalue weighted by atomic mass is 35.5. The number of rotatable bonds is 5. The lowest BCUT2D eigenvalue weighted by atomic mass is 10.1. The fourth-order valence-corrected chi connectivity index (χ4v) is 1.86. The van der Waals surface area contributed by atoms with E-state index in [4.69, 9.17) is 16.3 Å². The second-order valence-corrected chi connectivity index (χ2v) is 5.10. The zero-order valence-corrected chi connectivity index (χ0v) is 11.1. The van der Waals surface area contributed by atoms with E-state index in [-0.39, 0.29) is 24.1 Å². The Morgan fingerprint density at radius 1 is 1.44 bits per heavy atom. The fourth-order valence-electron chi connectivity index (χ4n) is 1.29. The van der Waals surface area contributed by atoms with E-state index in [1.54, 1.807) is 6.07 Å². The number of benzene rings is 1. The second-order valence-electron chi connectivity index (χ2n) is 3.50. The van der Waals surface area contributed by atoms with Crippen LogP contribution in [-0.2, 0) is 0 Å². The minimum absolute atomic E-state index is 0.0917. The molecule has 0 aliphatic heterocycles. The molecule has 0 bridgehead atoms. The maximum Gasteiger partial charge on any atom is 0.441 e. The Balaban J connectivity index is 2.57. The van der Waals surface area contributed by atoms with E-state index in [1.807, 2.05) is 0 Å². The smallest absolute Gasteiger partial charge is 0.441 e. The summed E-state index contributed by atoms with van der Waals surface area (Å²) >= 11 is 5.62. The molecule has 0 saturated carbocycles. The molecular weight excluding hydrogens is 289 g/mol. The molecule has 0 radical (unpaired) electrons. The van der Waals surface area contributed by atoms with Crippen molar-refractivity contribution in [1.82, 2.24) is 0 Å². The third-order valence-corrected chi connectivity index (χ3v) is 2.96. The van der Waals surface area contributed by atoms with Crippen molar-refractivity contribution in [1.29, 1.82) is 0 Å². The van der Waals surface area contributed by atoms with Crippen LogP contribution >= 0.6 is 23.4 Å². The number of ether oxygens (including phenoxy) is 1. The Morgan fingerprint density at radius 3 is 2.67 bits per heavy atom. The quantitative estimate of drug-likeness (QED) is 0.833. The molecule has 1 atom stereocenters. The van der Waals surface area contributed by atoms with Gasteiger partial charge >= 0.3 is 5.51 Å². The van der Waals surface area contributed by atoms with Gasteiger partial charge in [-0.05, 0) is 36.9 Å². The zero-order chi connectivity index (χ0) is 13.8. The van der Waals surface area contributed by atoms with Crippen molar-refractivity contribution in [2.75, 3.05) is 12.4 Å². The van der Waals surface area contributed by atoms with Crippen LogP contribution in [0.3, 0.4) is 0 Å². The van der Waals surface area contributed by atoms with Gasteiger partial charge in [-0.3, -0.25) is 0 Å². The molecule has 0 spiro atoms. The lowest BCUT2D eigenvalue weighted by Gasteiger charge is -2.14. The first-order valence-corrected chi connectivity index (χ1v) is 6.47. The number of aliphatic hydroxyl groups is 1. The molecule has 1 rings (SSSR count). The Hall–Kier alpha value is -0.590. The van der Waals surface area contributed by atoms with Crippen molar-refractivity contribution < 1.29 is 23.0 Å². The number of hydrogen-bond acceptors (Lipinski definition) is 3. The van der Waals surface area contributed by atoms with Crippen molar-refractivity contribution >= 4 is 23.4 Å². The molecule has 0 aliphatic rings. The average Bonchev–Trinajstić information content (AvgIpc) is 2.24. The highest BCUT2D eigenvalue weighted by molar-refractivity contribution is 8.00. The molecule has 0 aliphatic carbocycles. The first kappa shape index (κ1) is 15.5. The first-order chi connectivity index (χ1) is 8.29. The van der Waals surface area contributed by atoms with Crippen LogP contribution in [-0.4, -0.2) is 23.0 Å². The topological polar surface area (TPSA) is 29.5 Å². The highest BCUT2D eigenvalue weighted by Gasteiger charge is 2.27.